The van der Waals surface area contributed by atoms with E-state index in [9.17, 15) is 5.11 Å². The number of aliphatic hydroxyl groups is 2. The third-order valence-electron chi connectivity index (χ3n) is 3.09. The summed E-state index contributed by atoms with van der Waals surface area (Å²) in [6.45, 7) is 2.46. The molecule has 1 saturated carbocycles. The summed E-state index contributed by atoms with van der Waals surface area (Å²) in [7, 11) is 0. The number of hydrogen-bond donors (Lipinski definition) is 2. The van der Waals surface area contributed by atoms with Gasteiger partial charge in [0.05, 0.1) is 23.4 Å². The highest BCUT2D eigenvalue weighted by molar-refractivity contribution is 6.33. The summed E-state index contributed by atoms with van der Waals surface area (Å²) in [6.07, 6.45) is 1.82. The molecule has 1 fully saturated rings. The monoisotopic (exact) mass is 255 g/mol. The second-order valence-electron chi connectivity index (χ2n) is 4.53. The molecular weight excluding hydrogens is 238 g/mol. The van der Waals surface area contributed by atoms with E-state index < -0.39 is 6.10 Å². The highest BCUT2D eigenvalue weighted by Gasteiger charge is 2.29. The molecule has 1 aliphatic carbocycles. The average molecular weight is 256 g/mol. The first-order chi connectivity index (χ1) is 8.13. The first kappa shape index (κ1) is 12.7. The summed E-state index contributed by atoms with van der Waals surface area (Å²) in [5, 5.41) is 19.2. The molecule has 0 saturated heterocycles. The Hall–Kier alpha value is -0.770. The van der Waals surface area contributed by atoms with E-state index >= 15 is 0 Å². The topological polar surface area (TPSA) is 43.7 Å². The predicted octanol–water partition coefficient (Wildman–Crippen LogP) is 2.35. The van der Waals surface area contributed by atoms with Gasteiger partial charge in [0, 0.05) is 12.6 Å². The molecule has 1 aromatic rings. The highest BCUT2D eigenvalue weighted by atomic mass is 35.5. The maximum absolute atomic E-state index is 9.49. The van der Waals surface area contributed by atoms with Gasteiger partial charge < -0.3 is 15.1 Å². The van der Waals surface area contributed by atoms with Gasteiger partial charge in [0.1, 0.15) is 0 Å². The quantitative estimate of drug-likeness (QED) is 0.849. The zero-order valence-electron chi connectivity index (χ0n) is 9.93. The van der Waals surface area contributed by atoms with Crippen LogP contribution in [-0.2, 0) is 0 Å². The number of aliphatic hydroxyl groups excluding tert-OH is 2. The molecule has 2 N–H and O–H groups in total. The van der Waals surface area contributed by atoms with E-state index in [1.807, 2.05) is 12.1 Å². The van der Waals surface area contributed by atoms with Crippen LogP contribution in [0.25, 0.3) is 0 Å². The van der Waals surface area contributed by atoms with Gasteiger partial charge in [-0.1, -0.05) is 17.7 Å². The lowest BCUT2D eigenvalue weighted by molar-refractivity contribution is 0.199. The molecule has 0 spiro atoms. The lowest BCUT2D eigenvalue weighted by Crippen LogP contribution is -2.29. The van der Waals surface area contributed by atoms with Gasteiger partial charge in [-0.3, -0.25) is 0 Å². The van der Waals surface area contributed by atoms with E-state index in [2.05, 4.69) is 4.90 Å². The fourth-order valence-corrected chi connectivity index (χ4v) is 2.31. The van der Waals surface area contributed by atoms with Crippen molar-refractivity contribution in [1.82, 2.24) is 0 Å². The Labute approximate surface area is 107 Å². The number of anilines is 1. The van der Waals surface area contributed by atoms with Gasteiger partial charge >= 0.3 is 0 Å². The molecule has 4 heteroatoms. The van der Waals surface area contributed by atoms with Crippen LogP contribution in [0.15, 0.2) is 18.2 Å². The molecule has 0 aliphatic heterocycles. The third-order valence-corrected chi connectivity index (χ3v) is 3.39. The standard InChI is InChI=1S/C13H18ClNO2/c1-9(17)10-2-5-13(12(14)8-10)15(6-7-16)11-3-4-11/h2,5,8-9,11,16-17H,3-4,6-7H2,1H3/t9-/m1/s1. The Kier molecular flexibility index (Phi) is 3.92. The third kappa shape index (κ3) is 2.92. The van der Waals surface area contributed by atoms with Crippen LogP contribution in [0, 0.1) is 0 Å². The van der Waals surface area contributed by atoms with Crippen molar-refractivity contribution in [2.75, 3.05) is 18.1 Å². The van der Waals surface area contributed by atoms with E-state index in [4.69, 9.17) is 16.7 Å². The Morgan fingerprint density at radius 1 is 1.47 bits per heavy atom. The minimum atomic E-state index is -0.506. The van der Waals surface area contributed by atoms with E-state index in [0.29, 0.717) is 17.6 Å². The SMILES string of the molecule is C[C@@H](O)c1ccc(N(CCO)C2CC2)c(Cl)c1. The lowest BCUT2D eigenvalue weighted by Gasteiger charge is -2.25. The summed E-state index contributed by atoms with van der Waals surface area (Å²) in [5.74, 6) is 0. The van der Waals surface area contributed by atoms with Crippen molar-refractivity contribution in [2.45, 2.75) is 31.9 Å². The van der Waals surface area contributed by atoms with Gasteiger partial charge in [-0.15, -0.1) is 0 Å². The van der Waals surface area contributed by atoms with Crippen LogP contribution >= 0.6 is 11.6 Å². The van der Waals surface area contributed by atoms with Gasteiger partial charge in [0.25, 0.3) is 0 Å². The molecule has 0 bridgehead atoms. The molecule has 0 unspecified atom stereocenters. The average Bonchev–Trinajstić information content (AvgIpc) is 3.10. The van der Waals surface area contributed by atoms with Crippen molar-refractivity contribution in [3.63, 3.8) is 0 Å². The van der Waals surface area contributed by atoms with Crippen LogP contribution in [0.4, 0.5) is 5.69 Å². The van der Waals surface area contributed by atoms with Crippen molar-refractivity contribution in [2.24, 2.45) is 0 Å². The minimum Gasteiger partial charge on any atom is -0.395 e. The number of halogens is 1. The molecule has 0 aromatic heterocycles. The van der Waals surface area contributed by atoms with Crippen LogP contribution in [0.2, 0.25) is 5.02 Å². The Morgan fingerprint density at radius 3 is 2.65 bits per heavy atom. The molecule has 17 heavy (non-hydrogen) atoms. The smallest absolute Gasteiger partial charge is 0.0762 e. The van der Waals surface area contributed by atoms with Crippen molar-refractivity contribution < 1.29 is 10.2 Å². The fourth-order valence-electron chi connectivity index (χ4n) is 2.01. The first-order valence-electron chi connectivity index (χ1n) is 5.98. The normalized spacial score (nSPS) is 16.9. The molecule has 1 aromatic carbocycles. The summed E-state index contributed by atoms with van der Waals surface area (Å²) in [6, 6.07) is 6.13. The van der Waals surface area contributed by atoms with Gasteiger partial charge in [0.2, 0.25) is 0 Å². The van der Waals surface area contributed by atoms with E-state index in [0.717, 1.165) is 24.1 Å². The van der Waals surface area contributed by atoms with Gasteiger partial charge in [-0.2, -0.15) is 0 Å². The van der Waals surface area contributed by atoms with Gasteiger partial charge in [-0.25, -0.2) is 0 Å². The number of nitrogens with zero attached hydrogens (tertiary/aromatic N) is 1. The Bertz CT molecular complexity index is 391. The molecule has 0 amide bonds. The van der Waals surface area contributed by atoms with Crippen LogP contribution in [-0.4, -0.2) is 29.4 Å². The van der Waals surface area contributed by atoms with Crippen LogP contribution in [0.3, 0.4) is 0 Å². The Morgan fingerprint density at radius 2 is 2.18 bits per heavy atom. The van der Waals surface area contributed by atoms with E-state index in [1.165, 1.54) is 0 Å². The molecule has 1 atom stereocenters. The summed E-state index contributed by atoms with van der Waals surface area (Å²) in [4.78, 5) is 2.15. The highest BCUT2D eigenvalue weighted by Crippen LogP contribution is 2.36. The number of hydrogen-bond acceptors (Lipinski definition) is 3. The molecule has 3 nitrogen and oxygen atoms in total. The largest absolute Gasteiger partial charge is 0.395 e. The van der Waals surface area contributed by atoms with Gasteiger partial charge in [0.15, 0.2) is 0 Å². The van der Waals surface area contributed by atoms with Crippen molar-refractivity contribution in [3.8, 4) is 0 Å². The molecule has 0 heterocycles. The number of rotatable bonds is 5. The maximum Gasteiger partial charge on any atom is 0.0762 e. The summed E-state index contributed by atoms with van der Waals surface area (Å²) in [5.41, 5.74) is 1.77. The summed E-state index contributed by atoms with van der Waals surface area (Å²) < 4.78 is 0. The zero-order valence-corrected chi connectivity index (χ0v) is 10.7. The molecule has 1 aliphatic rings. The maximum atomic E-state index is 9.49. The summed E-state index contributed by atoms with van der Waals surface area (Å²) >= 11 is 6.24. The van der Waals surface area contributed by atoms with Crippen molar-refractivity contribution in [1.29, 1.82) is 0 Å². The van der Waals surface area contributed by atoms with Crippen LogP contribution in [0.1, 0.15) is 31.4 Å². The zero-order chi connectivity index (χ0) is 12.4. The first-order valence-corrected chi connectivity index (χ1v) is 6.36. The minimum absolute atomic E-state index is 0.130. The van der Waals surface area contributed by atoms with E-state index in [1.54, 1.807) is 13.0 Å². The molecule has 94 valence electrons. The molecule has 0 radical (unpaired) electrons. The number of benzene rings is 1. The van der Waals surface area contributed by atoms with E-state index in [-0.39, 0.29) is 6.61 Å². The van der Waals surface area contributed by atoms with Gasteiger partial charge in [-0.05, 0) is 37.5 Å². The van der Waals surface area contributed by atoms with Crippen molar-refractivity contribution >= 4 is 17.3 Å². The molecule has 2 rings (SSSR count). The predicted molar refractivity (Wildman–Crippen MR) is 69.5 cm³/mol. The van der Waals surface area contributed by atoms with Crippen molar-refractivity contribution in [3.05, 3.63) is 28.8 Å². The lowest BCUT2D eigenvalue weighted by atomic mass is 10.1. The Balaban J connectivity index is 2.24. The fraction of sp³-hybridized carbons (Fsp3) is 0.538. The second-order valence-corrected chi connectivity index (χ2v) is 4.94. The van der Waals surface area contributed by atoms with Crippen LogP contribution < -0.4 is 4.90 Å². The second kappa shape index (κ2) is 5.25. The molecular formula is C13H18ClNO2. The van der Waals surface area contributed by atoms with Crippen LogP contribution in [0.5, 0.6) is 0 Å².